The molecule has 1 atom stereocenters. The Labute approximate surface area is 88.2 Å². The largest absolute Gasteiger partial charge is 0.311 e. The summed E-state index contributed by atoms with van der Waals surface area (Å²) >= 11 is 0.905. The molecule has 0 spiro atoms. The van der Waals surface area contributed by atoms with Crippen LogP contribution in [0.25, 0.3) is 0 Å². The molecule has 1 heterocycles. The number of nitrogens with two attached hydrogens (primary N) is 1. The zero-order valence-electron chi connectivity index (χ0n) is 8.74. The van der Waals surface area contributed by atoms with Crippen molar-refractivity contribution in [1.29, 1.82) is 0 Å². The van der Waals surface area contributed by atoms with Gasteiger partial charge in [0.25, 0.3) is 11.1 Å². The molecule has 4 nitrogen and oxygen atoms in total. The van der Waals surface area contributed by atoms with Gasteiger partial charge in [0.05, 0.1) is 0 Å². The maximum atomic E-state index is 11.6. The SMILES string of the molecule is CCCC(C)(C)N1C(=O)SC(N)C1=O. The lowest BCUT2D eigenvalue weighted by atomic mass is 9.97. The van der Waals surface area contributed by atoms with Crippen LogP contribution in [0.2, 0.25) is 0 Å². The summed E-state index contributed by atoms with van der Waals surface area (Å²) in [6.07, 6.45) is 1.74. The highest BCUT2D eigenvalue weighted by Gasteiger charge is 2.44. The van der Waals surface area contributed by atoms with Crippen LogP contribution in [0.1, 0.15) is 33.6 Å². The first-order valence-corrected chi connectivity index (χ1v) is 5.58. The Morgan fingerprint density at radius 1 is 1.50 bits per heavy atom. The smallest absolute Gasteiger partial charge is 0.290 e. The third-order valence-corrected chi connectivity index (χ3v) is 3.18. The first kappa shape index (κ1) is 11.5. The fourth-order valence-electron chi connectivity index (χ4n) is 1.70. The lowest BCUT2D eigenvalue weighted by Gasteiger charge is -2.33. The van der Waals surface area contributed by atoms with E-state index in [2.05, 4.69) is 0 Å². The minimum atomic E-state index is -0.710. The Morgan fingerprint density at radius 2 is 2.07 bits per heavy atom. The van der Waals surface area contributed by atoms with E-state index in [0.29, 0.717) is 0 Å². The predicted octanol–water partition coefficient (Wildman–Crippen LogP) is 1.55. The lowest BCUT2D eigenvalue weighted by Crippen LogP contribution is -2.48. The number of imide groups is 1. The molecule has 1 saturated heterocycles. The van der Waals surface area contributed by atoms with Crippen LogP contribution >= 0.6 is 11.8 Å². The van der Waals surface area contributed by atoms with Gasteiger partial charge in [0.2, 0.25) is 0 Å². The maximum absolute atomic E-state index is 11.6. The summed E-state index contributed by atoms with van der Waals surface area (Å²) in [4.78, 5) is 24.4. The standard InChI is InChI=1S/C9H16N2O2S/c1-4-5-9(2,3)11-7(12)6(10)14-8(11)13/h6H,4-5,10H2,1-3H3. The average molecular weight is 216 g/mol. The van der Waals surface area contributed by atoms with Crippen LogP contribution in [0.3, 0.4) is 0 Å². The zero-order chi connectivity index (χ0) is 10.9. The number of hydrogen-bond donors (Lipinski definition) is 1. The third-order valence-electron chi connectivity index (χ3n) is 2.34. The van der Waals surface area contributed by atoms with Crippen molar-refractivity contribution in [1.82, 2.24) is 4.90 Å². The fourth-order valence-corrected chi connectivity index (χ4v) is 2.56. The first-order chi connectivity index (χ1) is 6.40. The Kier molecular flexibility index (Phi) is 3.21. The average Bonchev–Trinajstić information content (AvgIpc) is 2.26. The minimum Gasteiger partial charge on any atom is -0.311 e. The molecule has 1 aliphatic rings. The number of amides is 2. The van der Waals surface area contributed by atoms with Gasteiger partial charge in [-0.25, -0.2) is 0 Å². The number of thioether (sulfide) groups is 1. The molecule has 80 valence electrons. The van der Waals surface area contributed by atoms with E-state index in [0.717, 1.165) is 24.6 Å². The van der Waals surface area contributed by atoms with Crippen LogP contribution in [-0.2, 0) is 4.79 Å². The van der Waals surface area contributed by atoms with Gasteiger partial charge in [0.1, 0.15) is 5.37 Å². The quantitative estimate of drug-likeness (QED) is 0.777. The Bertz CT molecular complexity index is 266. The van der Waals surface area contributed by atoms with E-state index in [9.17, 15) is 9.59 Å². The molecule has 2 N–H and O–H groups in total. The summed E-state index contributed by atoms with van der Waals surface area (Å²) in [5.41, 5.74) is 5.09. The van der Waals surface area contributed by atoms with Gasteiger partial charge in [-0.3, -0.25) is 14.5 Å². The van der Waals surface area contributed by atoms with E-state index >= 15 is 0 Å². The fraction of sp³-hybridized carbons (Fsp3) is 0.778. The van der Waals surface area contributed by atoms with Gasteiger partial charge in [0, 0.05) is 5.54 Å². The van der Waals surface area contributed by atoms with E-state index in [-0.39, 0.29) is 11.1 Å². The van der Waals surface area contributed by atoms with Gasteiger partial charge in [-0.2, -0.15) is 0 Å². The molecular formula is C9H16N2O2S. The van der Waals surface area contributed by atoms with Gasteiger partial charge >= 0.3 is 0 Å². The molecular weight excluding hydrogens is 200 g/mol. The van der Waals surface area contributed by atoms with E-state index < -0.39 is 10.9 Å². The second-order valence-corrected chi connectivity index (χ2v) is 5.13. The molecule has 0 aromatic rings. The van der Waals surface area contributed by atoms with Crippen molar-refractivity contribution in [3.63, 3.8) is 0 Å². The van der Waals surface area contributed by atoms with Crippen molar-refractivity contribution in [3.8, 4) is 0 Å². The second kappa shape index (κ2) is 3.90. The van der Waals surface area contributed by atoms with Crippen LogP contribution in [0.4, 0.5) is 4.79 Å². The molecule has 0 aliphatic carbocycles. The van der Waals surface area contributed by atoms with E-state index in [1.54, 1.807) is 0 Å². The van der Waals surface area contributed by atoms with Crippen molar-refractivity contribution in [3.05, 3.63) is 0 Å². The molecule has 0 aromatic carbocycles. The van der Waals surface area contributed by atoms with Crippen molar-refractivity contribution >= 4 is 22.9 Å². The number of carbonyl (C=O) groups is 2. The van der Waals surface area contributed by atoms with Crippen LogP contribution in [0.5, 0.6) is 0 Å². The Balaban J connectivity index is 2.86. The van der Waals surface area contributed by atoms with Crippen molar-refractivity contribution in [2.75, 3.05) is 0 Å². The van der Waals surface area contributed by atoms with Gasteiger partial charge in [-0.05, 0) is 32.0 Å². The van der Waals surface area contributed by atoms with Crippen LogP contribution < -0.4 is 5.73 Å². The predicted molar refractivity (Wildman–Crippen MR) is 56.8 cm³/mol. The summed E-state index contributed by atoms with van der Waals surface area (Å²) in [5.74, 6) is -0.265. The highest BCUT2D eigenvalue weighted by molar-refractivity contribution is 8.15. The van der Waals surface area contributed by atoms with Gasteiger partial charge in [0.15, 0.2) is 0 Å². The zero-order valence-corrected chi connectivity index (χ0v) is 9.56. The van der Waals surface area contributed by atoms with Crippen molar-refractivity contribution < 1.29 is 9.59 Å². The second-order valence-electron chi connectivity index (χ2n) is 4.04. The van der Waals surface area contributed by atoms with E-state index in [1.807, 2.05) is 20.8 Å². The number of carbonyl (C=O) groups excluding carboxylic acids is 2. The highest BCUT2D eigenvalue weighted by Crippen LogP contribution is 2.32. The molecule has 1 fully saturated rings. The minimum absolute atomic E-state index is 0.221. The van der Waals surface area contributed by atoms with Gasteiger partial charge in [-0.15, -0.1) is 0 Å². The van der Waals surface area contributed by atoms with Crippen molar-refractivity contribution in [2.24, 2.45) is 5.73 Å². The number of rotatable bonds is 3. The van der Waals surface area contributed by atoms with Crippen LogP contribution in [0, 0.1) is 0 Å². The molecule has 14 heavy (non-hydrogen) atoms. The molecule has 0 saturated carbocycles. The molecule has 5 heteroatoms. The molecule has 1 unspecified atom stereocenters. The lowest BCUT2D eigenvalue weighted by molar-refractivity contribution is -0.130. The van der Waals surface area contributed by atoms with Crippen molar-refractivity contribution in [2.45, 2.75) is 44.5 Å². The topological polar surface area (TPSA) is 63.4 Å². The first-order valence-electron chi connectivity index (χ1n) is 4.70. The summed E-state index contributed by atoms with van der Waals surface area (Å²) < 4.78 is 0. The molecule has 2 amide bonds. The number of nitrogens with zero attached hydrogens (tertiary/aromatic N) is 1. The van der Waals surface area contributed by atoms with E-state index in [1.165, 1.54) is 4.90 Å². The molecule has 1 aliphatic heterocycles. The van der Waals surface area contributed by atoms with Gasteiger partial charge in [-0.1, -0.05) is 13.3 Å². The summed E-state index contributed by atoms with van der Waals surface area (Å²) in [5, 5.41) is -0.931. The maximum Gasteiger partial charge on any atom is 0.290 e. The summed E-state index contributed by atoms with van der Waals surface area (Å²) in [6.45, 7) is 5.82. The normalized spacial score (nSPS) is 23.4. The highest BCUT2D eigenvalue weighted by atomic mass is 32.2. The Hall–Kier alpha value is -0.550. The Morgan fingerprint density at radius 3 is 2.43 bits per heavy atom. The third kappa shape index (κ3) is 1.93. The molecule has 0 radical (unpaired) electrons. The van der Waals surface area contributed by atoms with Gasteiger partial charge < -0.3 is 5.73 Å². The van der Waals surface area contributed by atoms with E-state index in [4.69, 9.17) is 5.73 Å². The number of hydrogen-bond acceptors (Lipinski definition) is 4. The van der Waals surface area contributed by atoms with Crippen LogP contribution in [0.15, 0.2) is 0 Å². The summed E-state index contributed by atoms with van der Waals surface area (Å²) in [6, 6.07) is 0. The molecule has 1 rings (SSSR count). The molecule has 0 bridgehead atoms. The molecule has 0 aromatic heterocycles. The monoisotopic (exact) mass is 216 g/mol. The summed E-state index contributed by atoms with van der Waals surface area (Å²) in [7, 11) is 0. The van der Waals surface area contributed by atoms with Crippen LogP contribution in [-0.4, -0.2) is 27.0 Å².